The molecule has 14 heavy (non-hydrogen) atoms. The molecule has 0 N–H and O–H groups in total. The van der Waals surface area contributed by atoms with E-state index in [4.69, 9.17) is 10.00 Å². The fourth-order valence-corrected chi connectivity index (χ4v) is 1.76. The van der Waals surface area contributed by atoms with Gasteiger partial charge in [-0.05, 0) is 19.3 Å². The quantitative estimate of drug-likeness (QED) is 0.668. The molecular formula is C11H19N2O. The van der Waals surface area contributed by atoms with Crippen molar-refractivity contribution in [1.29, 1.82) is 5.26 Å². The maximum absolute atomic E-state index is 8.46. The lowest BCUT2D eigenvalue weighted by molar-refractivity contribution is 0.0101. The molecule has 1 rings (SSSR count). The molecule has 1 heterocycles. The summed E-state index contributed by atoms with van der Waals surface area (Å²) in [6.45, 7) is 7.60. The number of rotatable bonds is 5. The van der Waals surface area contributed by atoms with Crippen LogP contribution in [0.1, 0.15) is 25.7 Å². The van der Waals surface area contributed by atoms with Crippen LogP contribution < -0.4 is 0 Å². The summed E-state index contributed by atoms with van der Waals surface area (Å²) in [7, 11) is 0. The number of hydrogen-bond acceptors (Lipinski definition) is 3. The smallest absolute Gasteiger partial charge is 0.0635 e. The third-order valence-corrected chi connectivity index (χ3v) is 2.57. The zero-order valence-electron chi connectivity index (χ0n) is 8.74. The van der Waals surface area contributed by atoms with Crippen molar-refractivity contribution in [3.63, 3.8) is 0 Å². The van der Waals surface area contributed by atoms with Crippen molar-refractivity contribution in [3.05, 3.63) is 6.92 Å². The first-order chi connectivity index (χ1) is 6.86. The van der Waals surface area contributed by atoms with Gasteiger partial charge >= 0.3 is 0 Å². The molecule has 0 aromatic heterocycles. The van der Waals surface area contributed by atoms with E-state index >= 15 is 0 Å². The molecule has 1 fully saturated rings. The highest BCUT2D eigenvalue weighted by Crippen LogP contribution is 2.13. The predicted molar refractivity (Wildman–Crippen MR) is 55.6 cm³/mol. The first-order valence-electron chi connectivity index (χ1n) is 5.37. The van der Waals surface area contributed by atoms with Crippen molar-refractivity contribution >= 4 is 0 Å². The van der Waals surface area contributed by atoms with Gasteiger partial charge in [0.15, 0.2) is 0 Å². The molecule has 0 aromatic rings. The van der Waals surface area contributed by atoms with E-state index in [9.17, 15) is 0 Å². The Morgan fingerprint density at radius 3 is 2.71 bits per heavy atom. The number of ether oxygens (including phenoxy) is 1. The van der Waals surface area contributed by atoms with Crippen LogP contribution in [0.5, 0.6) is 0 Å². The first kappa shape index (κ1) is 11.5. The second-order valence-electron chi connectivity index (χ2n) is 3.67. The Bertz CT molecular complexity index is 180. The van der Waals surface area contributed by atoms with Gasteiger partial charge in [-0.25, -0.2) is 0 Å². The van der Waals surface area contributed by atoms with Gasteiger partial charge in [0.1, 0.15) is 0 Å². The van der Waals surface area contributed by atoms with Gasteiger partial charge in [-0.2, -0.15) is 5.26 Å². The summed E-state index contributed by atoms with van der Waals surface area (Å²) in [5.41, 5.74) is 0. The molecule has 0 spiro atoms. The van der Waals surface area contributed by atoms with Crippen LogP contribution in [-0.2, 0) is 4.74 Å². The van der Waals surface area contributed by atoms with Crippen LogP contribution in [0.3, 0.4) is 0 Å². The minimum atomic E-state index is 0.426. The van der Waals surface area contributed by atoms with Crippen molar-refractivity contribution in [2.75, 3.05) is 26.2 Å². The van der Waals surface area contributed by atoms with Crippen LogP contribution in [0.25, 0.3) is 0 Å². The summed E-state index contributed by atoms with van der Waals surface area (Å²) in [6.07, 6.45) is 4.13. The Morgan fingerprint density at radius 2 is 2.14 bits per heavy atom. The Labute approximate surface area is 86.6 Å². The molecule has 0 saturated carbocycles. The molecule has 3 nitrogen and oxygen atoms in total. The van der Waals surface area contributed by atoms with Crippen LogP contribution in [0, 0.1) is 18.3 Å². The first-order valence-corrected chi connectivity index (χ1v) is 5.37. The molecule has 1 aliphatic rings. The van der Waals surface area contributed by atoms with Gasteiger partial charge in [0, 0.05) is 32.7 Å². The summed E-state index contributed by atoms with van der Waals surface area (Å²) in [5, 5.41) is 8.46. The second kappa shape index (κ2) is 6.80. The standard InChI is InChI=1S/C11H19N2O/c1-2-10-14-11-4-8-13(9-5-11)7-3-6-12/h11H,1-5,7-10H2. The average Bonchev–Trinajstić information content (AvgIpc) is 2.25. The molecule has 0 bridgehead atoms. The topological polar surface area (TPSA) is 36.3 Å². The molecule has 0 aliphatic carbocycles. The minimum Gasteiger partial charge on any atom is -0.378 e. The van der Waals surface area contributed by atoms with E-state index in [1.165, 1.54) is 0 Å². The fraction of sp³-hybridized carbons (Fsp3) is 0.818. The Morgan fingerprint density at radius 1 is 1.43 bits per heavy atom. The molecular weight excluding hydrogens is 176 g/mol. The summed E-state index contributed by atoms with van der Waals surface area (Å²) < 4.78 is 5.63. The maximum Gasteiger partial charge on any atom is 0.0635 e. The van der Waals surface area contributed by atoms with Crippen LogP contribution >= 0.6 is 0 Å². The third-order valence-electron chi connectivity index (χ3n) is 2.57. The normalized spacial score (nSPS) is 19.4. The molecule has 1 radical (unpaired) electrons. The van der Waals surface area contributed by atoms with E-state index < -0.39 is 0 Å². The van der Waals surface area contributed by atoms with Crippen molar-refractivity contribution in [3.8, 4) is 6.07 Å². The minimum absolute atomic E-state index is 0.426. The number of nitrogens with zero attached hydrogens (tertiary/aromatic N) is 2. The Balaban J connectivity index is 2.09. The number of likely N-dealkylation sites (tertiary alicyclic amines) is 1. The Kier molecular flexibility index (Phi) is 5.58. The van der Waals surface area contributed by atoms with E-state index in [1.807, 2.05) is 0 Å². The van der Waals surface area contributed by atoms with Crippen LogP contribution in [-0.4, -0.2) is 37.2 Å². The van der Waals surface area contributed by atoms with Crippen molar-refractivity contribution < 1.29 is 4.74 Å². The van der Waals surface area contributed by atoms with E-state index in [0.717, 1.165) is 45.5 Å². The number of piperidine rings is 1. The van der Waals surface area contributed by atoms with E-state index in [-0.39, 0.29) is 0 Å². The third kappa shape index (κ3) is 4.08. The summed E-state index contributed by atoms with van der Waals surface area (Å²) >= 11 is 0. The lowest BCUT2D eigenvalue weighted by Gasteiger charge is -2.31. The zero-order chi connectivity index (χ0) is 10.2. The van der Waals surface area contributed by atoms with Crippen molar-refractivity contribution in [2.45, 2.75) is 31.8 Å². The highest BCUT2D eigenvalue weighted by atomic mass is 16.5. The van der Waals surface area contributed by atoms with Crippen LogP contribution in [0.2, 0.25) is 0 Å². The van der Waals surface area contributed by atoms with Gasteiger partial charge in [0.2, 0.25) is 0 Å². The molecule has 0 aromatic carbocycles. The lowest BCUT2D eigenvalue weighted by Crippen LogP contribution is -2.37. The van der Waals surface area contributed by atoms with Crippen molar-refractivity contribution in [2.24, 2.45) is 0 Å². The highest BCUT2D eigenvalue weighted by Gasteiger charge is 2.18. The number of hydrogen-bond donors (Lipinski definition) is 0. The largest absolute Gasteiger partial charge is 0.378 e. The molecule has 0 unspecified atom stereocenters. The predicted octanol–water partition coefficient (Wildman–Crippen LogP) is 1.61. The van der Waals surface area contributed by atoms with Gasteiger partial charge in [-0.1, -0.05) is 6.92 Å². The second-order valence-corrected chi connectivity index (χ2v) is 3.67. The monoisotopic (exact) mass is 195 g/mol. The van der Waals surface area contributed by atoms with Gasteiger partial charge in [-0.15, -0.1) is 0 Å². The van der Waals surface area contributed by atoms with Crippen LogP contribution in [0.4, 0.5) is 0 Å². The van der Waals surface area contributed by atoms with Gasteiger partial charge < -0.3 is 9.64 Å². The maximum atomic E-state index is 8.46. The highest BCUT2D eigenvalue weighted by molar-refractivity contribution is 4.77. The molecule has 1 saturated heterocycles. The van der Waals surface area contributed by atoms with E-state index in [0.29, 0.717) is 12.5 Å². The van der Waals surface area contributed by atoms with E-state index in [2.05, 4.69) is 17.9 Å². The zero-order valence-corrected chi connectivity index (χ0v) is 8.74. The summed E-state index contributed by atoms with van der Waals surface area (Å²) in [4.78, 5) is 2.34. The molecule has 1 aliphatic heterocycles. The van der Waals surface area contributed by atoms with Gasteiger partial charge in [0.05, 0.1) is 12.2 Å². The molecule has 0 atom stereocenters. The number of nitriles is 1. The molecule has 79 valence electrons. The lowest BCUT2D eigenvalue weighted by atomic mass is 10.1. The average molecular weight is 195 g/mol. The van der Waals surface area contributed by atoms with Crippen LogP contribution in [0.15, 0.2) is 0 Å². The Hall–Kier alpha value is -0.590. The fourth-order valence-electron chi connectivity index (χ4n) is 1.76. The summed E-state index contributed by atoms with van der Waals surface area (Å²) in [6, 6.07) is 2.18. The summed E-state index contributed by atoms with van der Waals surface area (Å²) in [5.74, 6) is 0. The van der Waals surface area contributed by atoms with Gasteiger partial charge in [0.25, 0.3) is 0 Å². The van der Waals surface area contributed by atoms with E-state index in [1.54, 1.807) is 0 Å². The molecule has 0 amide bonds. The molecule has 3 heteroatoms. The van der Waals surface area contributed by atoms with Crippen molar-refractivity contribution in [1.82, 2.24) is 4.90 Å². The SMILES string of the molecule is [CH2]CCOC1CCN(CCC#N)CC1. The van der Waals surface area contributed by atoms with Gasteiger partial charge in [-0.3, -0.25) is 0 Å².